The van der Waals surface area contributed by atoms with Gasteiger partial charge in [0.2, 0.25) is 5.91 Å². The van der Waals surface area contributed by atoms with Crippen LogP contribution in [0.5, 0.6) is 0 Å². The minimum Gasteiger partial charge on any atom is -0.358 e. The van der Waals surface area contributed by atoms with Crippen molar-refractivity contribution in [2.24, 2.45) is 5.73 Å². The predicted octanol–water partition coefficient (Wildman–Crippen LogP) is 0.741. The molecule has 0 aliphatic carbocycles. The molecule has 3 heteroatoms. The largest absolute Gasteiger partial charge is 0.358 e. The van der Waals surface area contributed by atoms with Crippen molar-refractivity contribution >= 4 is 5.91 Å². The van der Waals surface area contributed by atoms with Crippen molar-refractivity contribution < 1.29 is 4.79 Å². The minimum absolute atomic E-state index is 0.158. The molecule has 0 aliphatic rings. The van der Waals surface area contributed by atoms with Crippen molar-refractivity contribution in [2.45, 2.75) is 13.0 Å². The molecule has 0 saturated heterocycles. The Morgan fingerprint density at radius 1 is 1.46 bits per heavy atom. The van der Waals surface area contributed by atoms with Gasteiger partial charge in [-0.3, -0.25) is 4.79 Å². The van der Waals surface area contributed by atoms with Gasteiger partial charge in [0.25, 0.3) is 0 Å². The summed E-state index contributed by atoms with van der Waals surface area (Å²) >= 11 is 0. The smallest absolute Gasteiger partial charge is 0.241 e. The fraction of sp³-hybridized carbons (Fsp3) is 0.300. The molecule has 1 amide bonds. The summed E-state index contributed by atoms with van der Waals surface area (Å²) in [4.78, 5) is 11.2. The Labute approximate surface area is 77.9 Å². The van der Waals surface area contributed by atoms with Crippen LogP contribution in [0.2, 0.25) is 0 Å². The van der Waals surface area contributed by atoms with Gasteiger partial charge in [0, 0.05) is 7.05 Å². The molecule has 0 spiro atoms. The first-order valence-corrected chi connectivity index (χ1v) is 4.19. The van der Waals surface area contributed by atoms with Gasteiger partial charge in [-0.15, -0.1) is 0 Å². The van der Waals surface area contributed by atoms with Crippen LogP contribution in [0.1, 0.15) is 17.2 Å². The molecule has 0 radical (unpaired) electrons. The van der Waals surface area contributed by atoms with E-state index in [1.165, 1.54) is 0 Å². The van der Waals surface area contributed by atoms with Gasteiger partial charge in [-0.1, -0.05) is 24.3 Å². The van der Waals surface area contributed by atoms with Crippen LogP contribution in [-0.4, -0.2) is 13.0 Å². The van der Waals surface area contributed by atoms with Crippen LogP contribution in [0.3, 0.4) is 0 Å². The van der Waals surface area contributed by atoms with E-state index in [0.29, 0.717) is 0 Å². The highest BCUT2D eigenvalue weighted by Gasteiger charge is 2.14. The van der Waals surface area contributed by atoms with Crippen molar-refractivity contribution in [3.05, 3.63) is 35.4 Å². The van der Waals surface area contributed by atoms with E-state index >= 15 is 0 Å². The van der Waals surface area contributed by atoms with Crippen molar-refractivity contribution in [1.29, 1.82) is 0 Å². The first-order valence-electron chi connectivity index (χ1n) is 4.19. The number of nitrogens with one attached hydrogen (secondary N) is 1. The van der Waals surface area contributed by atoms with E-state index in [-0.39, 0.29) is 5.91 Å². The van der Waals surface area contributed by atoms with Gasteiger partial charge in [0.05, 0.1) is 0 Å². The molecule has 0 aromatic heterocycles. The van der Waals surface area contributed by atoms with E-state index in [4.69, 9.17) is 5.73 Å². The highest BCUT2D eigenvalue weighted by atomic mass is 16.2. The molecule has 0 saturated carbocycles. The second kappa shape index (κ2) is 4.05. The number of nitrogens with two attached hydrogens (primary N) is 1. The zero-order valence-corrected chi connectivity index (χ0v) is 7.87. The Balaban J connectivity index is 2.95. The maximum atomic E-state index is 11.2. The van der Waals surface area contributed by atoms with Crippen LogP contribution < -0.4 is 11.1 Å². The summed E-state index contributed by atoms with van der Waals surface area (Å²) in [5.41, 5.74) is 7.65. The summed E-state index contributed by atoms with van der Waals surface area (Å²) in [6, 6.07) is 7.06. The first kappa shape index (κ1) is 9.74. The van der Waals surface area contributed by atoms with E-state index in [1.54, 1.807) is 7.05 Å². The normalized spacial score (nSPS) is 12.2. The summed E-state index contributed by atoms with van der Waals surface area (Å²) in [5, 5.41) is 2.53. The second-order valence-electron chi connectivity index (χ2n) is 2.95. The average molecular weight is 178 g/mol. The summed E-state index contributed by atoms with van der Waals surface area (Å²) in [6.45, 7) is 1.94. The van der Waals surface area contributed by atoms with Gasteiger partial charge >= 0.3 is 0 Å². The van der Waals surface area contributed by atoms with Gasteiger partial charge in [-0.25, -0.2) is 0 Å². The number of hydrogen-bond donors (Lipinski definition) is 2. The lowest BCUT2D eigenvalue weighted by atomic mass is 10.0. The number of amides is 1. The highest BCUT2D eigenvalue weighted by Crippen LogP contribution is 2.14. The lowest BCUT2D eigenvalue weighted by Crippen LogP contribution is -2.31. The average Bonchev–Trinajstić information content (AvgIpc) is 2.16. The zero-order valence-electron chi connectivity index (χ0n) is 7.87. The molecule has 1 aromatic carbocycles. The van der Waals surface area contributed by atoms with E-state index < -0.39 is 6.04 Å². The molecule has 1 unspecified atom stereocenters. The number of likely N-dealkylation sites (N-methyl/N-ethyl adjacent to an activating group) is 1. The Kier molecular flexibility index (Phi) is 3.03. The molecule has 0 fully saturated rings. The van der Waals surface area contributed by atoms with Crippen LogP contribution in [0.25, 0.3) is 0 Å². The zero-order chi connectivity index (χ0) is 9.84. The van der Waals surface area contributed by atoms with Crippen molar-refractivity contribution in [3.63, 3.8) is 0 Å². The first-order chi connectivity index (χ1) is 6.16. The summed E-state index contributed by atoms with van der Waals surface area (Å²) in [7, 11) is 1.58. The quantitative estimate of drug-likeness (QED) is 0.701. The minimum atomic E-state index is -0.564. The molecule has 1 atom stereocenters. The van der Waals surface area contributed by atoms with Gasteiger partial charge in [0.15, 0.2) is 0 Å². The Bertz CT molecular complexity index is 310. The number of aryl methyl sites for hydroxylation is 1. The van der Waals surface area contributed by atoms with Crippen molar-refractivity contribution in [2.75, 3.05) is 7.05 Å². The van der Waals surface area contributed by atoms with E-state index in [0.717, 1.165) is 11.1 Å². The van der Waals surface area contributed by atoms with Gasteiger partial charge in [-0.05, 0) is 18.1 Å². The molecule has 3 N–H and O–H groups in total. The van der Waals surface area contributed by atoms with Gasteiger partial charge < -0.3 is 11.1 Å². The van der Waals surface area contributed by atoms with Crippen molar-refractivity contribution in [3.8, 4) is 0 Å². The molecule has 0 aliphatic heterocycles. The summed E-state index contributed by atoms with van der Waals surface area (Å²) < 4.78 is 0. The van der Waals surface area contributed by atoms with Crippen LogP contribution in [-0.2, 0) is 4.79 Å². The van der Waals surface area contributed by atoms with Crippen LogP contribution in [0.4, 0.5) is 0 Å². The Morgan fingerprint density at radius 3 is 2.62 bits per heavy atom. The molecular weight excluding hydrogens is 164 g/mol. The molecular formula is C10H14N2O. The monoisotopic (exact) mass is 178 g/mol. The molecule has 13 heavy (non-hydrogen) atoms. The van der Waals surface area contributed by atoms with E-state index in [2.05, 4.69) is 5.32 Å². The summed E-state index contributed by atoms with van der Waals surface area (Å²) in [5.74, 6) is -0.158. The highest BCUT2D eigenvalue weighted by molar-refractivity contribution is 5.82. The second-order valence-corrected chi connectivity index (χ2v) is 2.95. The number of carbonyl (C=O) groups is 1. The fourth-order valence-electron chi connectivity index (χ4n) is 1.23. The molecule has 1 rings (SSSR count). The van der Waals surface area contributed by atoms with Crippen LogP contribution in [0.15, 0.2) is 24.3 Å². The third-order valence-electron chi connectivity index (χ3n) is 2.05. The van der Waals surface area contributed by atoms with Crippen LogP contribution in [0, 0.1) is 6.92 Å². The summed E-state index contributed by atoms with van der Waals surface area (Å²) in [6.07, 6.45) is 0. The maximum absolute atomic E-state index is 11.2. The molecule has 0 heterocycles. The number of hydrogen-bond acceptors (Lipinski definition) is 2. The number of carbonyl (C=O) groups excluding carboxylic acids is 1. The topological polar surface area (TPSA) is 55.1 Å². The SMILES string of the molecule is CNC(=O)C(N)c1ccccc1C. The van der Waals surface area contributed by atoms with Gasteiger partial charge in [0.1, 0.15) is 6.04 Å². The molecule has 70 valence electrons. The van der Waals surface area contributed by atoms with Gasteiger partial charge in [-0.2, -0.15) is 0 Å². The van der Waals surface area contributed by atoms with Crippen LogP contribution >= 0.6 is 0 Å². The van der Waals surface area contributed by atoms with E-state index in [1.807, 2.05) is 31.2 Å². The Morgan fingerprint density at radius 2 is 2.08 bits per heavy atom. The Hall–Kier alpha value is -1.35. The maximum Gasteiger partial charge on any atom is 0.241 e. The molecule has 0 bridgehead atoms. The standard InChI is InChI=1S/C10H14N2O/c1-7-5-3-4-6-8(7)9(11)10(13)12-2/h3-6,9H,11H2,1-2H3,(H,12,13). The number of benzene rings is 1. The van der Waals surface area contributed by atoms with Crippen molar-refractivity contribution in [1.82, 2.24) is 5.32 Å². The third kappa shape index (κ3) is 2.06. The fourth-order valence-corrected chi connectivity index (χ4v) is 1.23. The lowest BCUT2D eigenvalue weighted by Gasteiger charge is -2.12. The molecule has 1 aromatic rings. The lowest BCUT2D eigenvalue weighted by molar-refractivity contribution is -0.122. The number of rotatable bonds is 2. The third-order valence-corrected chi connectivity index (χ3v) is 2.05. The van der Waals surface area contributed by atoms with E-state index in [9.17, 15) is 4.79 Å². The predicted molar refractivity (Wildman–Crippen MR) is 52.2 cm³/mol. The molecule has 3 nitrogen and oxygen atoms in total.